The third-order valence-electron chi connectivity index (χ3n) is 6.94. The topological polar surface area (TPSA) is 71.8 Å². The first-order valence-electron chi connectivity index (χ1n) is 10.9. The zero-order chi connectivity index (χ0) is 22.1. The predicted octanol–water partition coefficient (Wildman–Crippen LogP) is 3.57. The Hall–Kier alpha value is -2.71. The first kappa shape index (κ1) is 19.9. The SMILES string of the molecule is Cc1nc2c3c(nn2c(C)c1Cl)CN(C(=O)c1ccc(F)cc1OC1CC2CCC1N2)C3. The molecule has 1 aromatic carbocycles. The number of carbonyl (C=O) groups is 1. The molecule has 0 radical (unpaired) electrons. The fourth-order valence-corrected chi connectivity index (χ4v) is 5.39. The number of benzene rings is 1. The standard InChI is InChI=1S/C23H23ClFN5O2/c1-11-21(24)12(2)30-22(26-11)16-9-29(10-18(16)28-30)23(31)15-5-3-13(25)7-19(15)32-20-8-14-4-6-17(20)27-14/h3,5,7,14,17,20,27H,4,6,8-10H2,1-2H3. The highest BCUT2D eigenvalue weighted by molar-refractivity contribution is 6.31. The molecular formula is C23H23ClFN5O2. The lowest BCUT2D eigenvalue weighted by atomic mass is 9.97. The molecule has 166 valence electrons. The molecule has 3 aromatic rings. The molecule has 3 atom stereocenters. The van der Waals surface area contributed by atoms with Crippen molar-refractivity contribution in [2.75, 3.05) is 0 Å². The summed E-state index contributed by atoms with van der Waals surface area (Å²) in [7, 11) is 0. The molecule has 9 heteroatoms. The van der Waals surface area contributed by atoms with Crippen LogP contribution in [0.25, 0.3) is 5.65 Å². The van der Waals surface area contributed by atoms with E-state index in [9.17, 15) is 9.18 Å². The zero-order valence-corrected chi connectivity index (χ0v) is 18.6. The van der Waals surface area contributed by atoms with Gasteiger partial charge in [0.15, 0.2) is 5.65 Å². The summed E-state index contributed by atoms with van der Waals surface area (Å²) in [5, 5.41) is 8.75. The van der Waals surface area contributed by atoms with Crippen LogP contribution in [0.4, 0.5) is 4.39 Å². The van der Waals surface area contributed by atoms with Crippen molar-refractivity contribution >= 4 is 23.2 Å². The van der Waals surface area contributed by atoms with Crippen molar-refractivity contribution in [3.05, 3.63) is 57.2 Å². The van der Waals surface area contributed by atoms with Crippen LogP contribution in [-0.4, -0.2) is 43.6 Å². The number of hydrogen-bond donors (Lipinski definition) is 1. The normalized spacial score (nSPS) is 23.9. The van der Waals surface area contributed by atoms with Gasteiger partial charge >= 0.3 is 0 Å². The average Bonchev–Trinajstić information content (AvgIpc) is 3.53. The zero-order valence-electron chi connectivity index (χ0n) is 17.9. The molecule has 32 heavy (non-hydrogen) atoms. The van der Waals surface area contributed by atoms with Crippen molar-refractivity contribution in [3.63, 3.8) is 0 Å². The third kappa shape index (κ3) is 3.00. The van der Waals surface area contributed by atoms with E-state index in [1.807, 2.05) is 13.8 Å². The number of halogens is 2. The molecule has 0 aliphatic carbocycles. The Labute approximate surface area is 189 Å². The van der Waals surface area contributed by atoms with Crippen LogP contribution in [0, 0.1) is 19.7 Å². The van der Waals surface area contributed by atoms with Crippen molar-refractivity contribution in [3.8, 4) is 5.75 Å². The molecule has 1 amide bonds. The minimum absolute atomic E-state index is 0.0398. The van der Waals surface area contributed by atoms with E-state index in [-0.39, 0.29) is 18.1 Å². The second kappa shape index (κ2) is 7.15. The Balaban J connectivity index is 1.29. The molecular weight excluding hydrogens is 433 g/mol. The van der Waals surface area contributed by atoms with Gasteiger partial charge in [-0.3, -0.25) is 4.79 Å². The van der Waals surface area contributed by atoms with Gasteiger partial charge in [-0.25, -0.2) is 13.9 Å². The van der Waals surface area contributed by atoms with Crippen LogP contribution < -0.4 is 10.1 Å². The van der Waals surface area contributed by atoms with E-state index in [1.165, 1.54) is 18.2 Å². The number of amides is 1. The molecule has 2 fully saturated rings. The molecule has 1 N–H and O–H groups in total. The molecule has 3 unspecified atom stereocenters. The molecule has 3 aliphatic rings. The minimum atomic E-state index is -0.415. The molecule has 5 heterocycles. The lowest BCUT2D eigenvalue weighted by Gasteiger charge is -2.24. The molecule has 2 aromatic heterocycles. The molecule has 6 rings (SSSR count). The maximum atomic E-state index is 14.0. The average molecular weight is 456 g/mol. The van der Waals surface area contributed by atoms with E-state index in [2.05, 4.69) is 15.4 Å². The van der Waals surface area contributed by atoms with Gasteiger partial charge in [0.05, 0.1) is 40.8 Å². The van der Waals surface area contributed by atoms with Crippen LogP contribution in [0.3, 0.4) is 0 Å². The van der Waals surface area contributed by atoms with Gasteiger partial charge in [0.25, 0.3) is 5.91 Å². The molecule has 2 saturated heterocycles. The first-order valence-corrected chi connectivity index (χ1v) is 11.3. The number of rotatable bonds is 3. The van der Waals surface area contributed by atoms with E-state index in [4.69, 9.17) is 16.3 Å². The molecule has 3 aliphatic heterocycles. The summed E-state index contributed by atoms with van der Waals surface area (Å²) in [6.07, 6.45) is 3.03. The summed E-state index contributed by atoms with van der Waals surface area (Å²) in [6.45, 7) is 4.51. The van der Waals surface area contributed by atoms with Crippen LogP contribution in [-0.2, 0) is 13.1 Å². The Morgan fingerprint density at radius 2 is 2.12 bits per heavy atom. The van der Waals surface area contributed by atoms with E-state index >= 15 is 0 Å². The number of fused-ring (bicyclic) bond motifs is 5. The molecule has 0 saturated carbocycles. The summed E-state index contributed by atoms with van der Waals surface area (Å²) < 4.78 is 22.0. The lowest BCUT2D eigenvalue weighted by molar-refractivity contribution is 0.0740. The van der Waals surface area contributed by atoms with Gasteiger partial charge < -0.3 is 15.0 Å². The van der Waals surface area contributed by atoms with E-state index in [0.717, 1.165) is 47.6 Å². The highest BCUT2D eigenvalue weighted by Gasteiger charge is 2.41. The van der Waals surface area contributed by atoms with Crippen LogP contribution in [0.5, 0.6) is 5.75 Å². The van der Waals surface area contributed by atoms with Gasteiger partial charge in [-0.1, -0.05) is 11.6 Å². The second-order valence-corrected chi connectivity index (χ2v) is 9.38. The van der Waals surface area contributed by atoms with Crippen molar-refractivity contribution in [2.45, 2.75) is 64.4 Å². The van der Waals surface area contributed by atoms with E-state index in [1.54, 1.807) is 9.42 Å². The van der Waals surface area contributed by atoms with Crippen molar-refractivity contribution in [1.29, 1.82) is 0 Å². The highest BCUT2D eigenvalue weighted by Crippen LogP contribution is 2.35. The minimum Gasteiger partial charge on any atom is -0.488 e. The van der Waals surface area contributed by atoms with Crippen molar-refractivity contribution in [2.24, 2.45) is 0 Å². The highest BCUT2D eigenvalue weighted by atomic mass is 35.5. The van der Waals surface area contributed by atoms with Crippen molar-refractivity contribution < 1.29 is 13.9 Å². The fourth-order valence-electron chi connectivity index (χ4n) is 5.26. The van der Waals surface area contributed by atoms with Gasteiger partial charge in [0.2, 0.25) is 0 Å². The summed E-state index contributed by atoms with van der Waals surface area (Å²) >= 11 is 6.33. The first-order chi connectivity index (χ1) is 15.4. The number of aryl methyl sites for hydroxylation is 2. The van der Waals surface area contributed by atoms with Crippen LogP contribution in [0.1, 0.15) is 52.3 Å². The number of nitrogens with one attached hydrogen (secondary N) is 1. The fraction of sp³-hybridized carbons (Fsp3) is 0.435. The summed E-state index contributed by atoms with van der Waals surface area (Å²) in [5.74, 6) is -0.304. The Kier molecular flexibility index (Phi) is 4.45. The van der Waals surface area contributed by atoms with Gasteiger partial charge in [0.1, 0.15) is 17.7 Å². The Bertz CT molecular complexity index is 1280. The molecule has 0 spiro atoms. The summed E-state index contributed by atoms with van der Waals surface area (Å²) in [6, 6.07) is 4.86. The predicted molar refractivity (Wildman–Crippen MR) is 116 cm³/mol. The largest absolute Gasteiger partial charge is 0.488 e. The molecule has 7 nitrogen and oxygen atoms in total. The quantitative estimate of drug-likeness (QED) is 0.653. The number of aromatic nitrogens is 3. The van der Waals surface area contributed by atoms with E-state index < -0.39 is 5.82 Å². The lowest BCUT2D eigenvalue weighted by Crippen LogP contribution is -2.33. The van der Waals surface area contributed by atoms with Crippen LogP contribution >= 0.6 is 11.6 Å². The summed E-state index contributed by atoms with van der Waals surface area (Å²) in [4.78, 5) is 19.7. The number of ether oxygens (including phenoxy) is 1. The number of hydrogen-bond acceptors (Lipinski definition) is 5. The van der Waals surface area contributed by atoms with Crippen LogP contribution in [0.15, 0.2) is 18.2 Å². The molecule has 2 bridgehead atoms. The summed E-state index contributed by atoms with van der Waals surface area (Å²) in [5.41, 5.74) is 4.38. The Morgan fingerprint density at radius 1 is 1.28 bits per heavy atom. The number of carbonyl (C=O) groups excluding carboxylic acids is 1. The van der Waals surface area contributed by atoms with E-state index in [0.29, 0.717) is 35.5 Å². The second-order valence-electron chi connectivity index (χ2n) is 9.00. The van der Waals surface area contributed by atoms with Gasteiger partial charge in [0, 0.05) is 30.1 Å². The van der Waals surface area contributed by atoms with Crippen LogP contribution in [0.2, 0.25) is 5.02 Å². The maximum absolute atomic E-state index is 14.0. The monoisotopic (exact) mass is 455 g/mol. The van der Waals surface area contributed by atoms with Gasteiger partial charge in [-0.05, 0) is 38.8 Å². The number of nitrogens with zero attached hydrogens (tertiary/aromatic N) is 4. The van der Waals surface area contributed by atoms with Crippen molar-refractivity contribution in [1.82, 2.24) is 24.8 Å². The van der Waals surface area contributed by atoms with Gasteiger partial charge in [-0.15, -0.1) is 0 Å². The maximum Gasteiger partial charge on any atom is 0.258 e. The Morgan fingerprint density at radius 3 is 2.88 bits per heavy atom. The third-order valence-corrected chi connectivity index (χ3v) is 7.48. The van der Waals surface area contributed by atoms with Gasteiger partial charge in [-0.2, -0.15) is 5.10 Å². The smallest absolute Gasteiger partial charge is 0.258 e.